The zero-order chi connectivity index (χ0) is 26.0. The molecule has 0 saturated carbocycles. The molecule has 7 nitrogen and oxygen atoms in total. The molecule has 3 aliphatic rings. The lowest BCUT2D eigenvalue weighted by Crippen LogP contribution is -2.51. The number of nitrogens with zero attached hydrogens (tertiary/aromatic N) is 3. The van der Waals surface area contributed by atoms with Crippen LogP contribution in [0.15, 0.2) is 48.5 Å². The van der Waals surface area contributed by atoms with Crippen LogP contribution in [0.4, 0.5) is 24.5 Å². The van der Waals surface area contributed by atoms with Gasteiger partial charge in [-0.25, -0.2) is 13.2 Å². The normalized spacial score (nSPS) is 22.7. The first-order chi connectivity index (χ1) is 17.8. The molecule has 1 N–H and O–H groups in total. The van der Waals surface area contributed by atoms with Gasteiger partial charge in [-0.15, -0.1) is 0 Å². The van der Waals surface area contributed by atoms with Crippen LogP contribution in [0, 0.1) is 11.7 Å². The number of likely N-dealkylation sites (tertiary alicyclic amines) is 1. The third-order valence-corrected chi connectivity index (χ3v) is 7.37. The van der Waals surface area contributed by atoms with Gasteiger partial charge in [-0.1, -0.05) is 30.3 Å². The molecule has 0 radical (unpaired) electrons. The highest BCUT2D eigenvalue weighted by Gasteiger charge is 2.43. The van der Waals surface area contributed by atoms with Crippen molar-refractivity contribution in [1.82, 2.24) is 9.80 Å². The minimum Gasteiger partial charge on any atom is -0.381 e. The molecule has 3 fully saturated rings. The summed E-state index contributed by atoms with van der Waals surface area (Å²) in [6, 6.07) is 13.2. The van der Waals surface area contributed by atoms with E-state index in [1.54, 1.807) is 12.1 Å². The van der Waals surface area contributed by atoms with Crippen molar-refractivity contribution in [2.75, 3.05) is 62.7 Å². The molecule has 2 amide bonds. The van der Waals surface area contributed by atoms with E-state index >= 15 is 4.39 Å². The zero-order valence-electron chi connectivity index (χ0n) is 20.5. The Bertz CT molecular complexity index is 1120. The lowest BCUT2D eigenvalue weighted by Gasteiger charge is -2.40. The van der Waals surface area contributed by atoms with Crippen molar-refractivity contribution >= 4 is 23.2 Å². The minimum absolute atomic E-state index is 0.0387. The Labute approximate surface area is 214 Å². The fourth-order valence-electron chi connectivity index (χ4n) is 5.29. The number of carbonyl (C=O) groups excluding carboxylic acids is 2. The second-order valence-corrected chi connectivity index (χ2v) is 9.92. The Balaban J connectivity index is 1.25. The summed E-state index contributed by atoms with van der Waals surface area (Å²) < 4.78 is 47.9. The van der Waals surface area contributed by atoms with Gasteiger partial charge in [0.25, 0.3) is 5.92 Å². The molecule has 2 atom stereocenters. The number of rotatable bonds is 6. The molecule has 3 aliphatic heterocycles. The van der Waals surface area contributed by atoms with E-state index in [-0.39, 0.29) is 30.7 Å². The van der Waals surface area contributed by atoms with Gasteiger partial charge in [0.2, 0.25) is 11.8 Å². The Morgan fingerprint density at radius 2 is 1.78 bits per heavy atom. The van der Waals surface area contributed by atoms with Gasteiger partial charge in [-0.05, 0) is 30.2 Å². The number of piperazine rings is 1. The Hall–Kier alpha value is -3.11. The highest BCUT2D eigenvalue weighted by atomic mass is 19.3. The van der Waals surface area contributed by atoms with Crippen molar-refractivity contribution in [2.24, 2.45) is 5.92 Å². The number of amides is 2. The summed E-state index contributed by atoms with van der Waals surface area (Å²) in [6.45, 7) is 2.28. The first-order valence-corrected chi connectivity index (χ1v) is 12.7. The number of anilines is 2. The molecule has 0 spiro atoms. The van der Waals surface area contributed by atoms with Gasteiger partial charge in [0, 0.05) is 51.4 Å². The first-order valence-electron chi connectivity index (χ1n) is 12.7. The fourth-order valence-corrected chi connectivity index (χ4v) is 5.29. The zero-order valence-corrected chi connectivity index (χ0v) is 20.5. The van der Waals surface area contributed by atoms with E-state index in [0.29, 0.717) is 57.2 Å². The fraction of sp³-hybridized carbons (Fsp3) is 0.481. The van der Waals surface area contributed by atoms with E-state index in [2.05, 4.69) is 5.32 Å². The smallest absolute Gasteiger partial charge is 0.267 e. The summed E-state index contributed by atoms with van der Waals surface area (Å²) in [4.78, 5) is 30.9. The maximum Gasteiger partial charge on any atom is 0.267 e. The van der Waals surface area contributed by atoms with Crippen LogP contribution in [0.25, 0.3) is 0 Å². The van der Waals surface area contributed by atoms with E-state index in [4.69, 9.17) is 4.74 Å². The van der Waals surface area contributed by atoms with Crippen molar-refractivity contribution in [2.45, 2.75) is 24.8 Å². The first kappa shape index (κ1) is 25.5. The number of hydrogen-bond donors (Lipinski definition) is 1. The SMILES string of the molecule is O=C(Nc1ccc(N2CCN([C@H](C(=O)N3CCC(F)(F)C3)c3ccccc3)CC2)c(F)c1)C1CCOC1. The third-order valence-electron chi connectivity index (χ3n) is 7.37. The second-order valence-electron chi connectivity index (χ2n) is 9.92. The van der Waals surface area contributed by atoms with Gasteiger partial charge in [-0.2, -0.15) is 0 Å². The van der Waals surface area contributed by atoms with Crippen molar-refractivity contribution in [3.63, 3.8) is 0 Å². The number of benzene rings is 2. The van der Waals surface area contributed by atoms with Crippen LogP contribution in [0.3, 0.4) is 0 Å². The lowest BCUT2D eigenvalue weighted by molar-refractivity contribution is -0.138. The summed E-state index contributed by atoms with van der Waals surface area (Å²) in [7, 11) is 0. The number of halogens is 3. The van der Waals surface area contributed by atoms with Gasteiger partial charge in [0.1, 0.15) is 11.9 Å². The second kappa shape index (κ2) is 10.7. The monoisotopic (exact) mass is 516 g/mol. The van der Waals surface area contributed by atoms with Gasteiger partial charge in [0.15, 0.2) is 0 Å². The van der Waals surface area contributed by atoms with E-state index < -0.39 is 24.3 Å². The van der Waals surface area contributed by atoms with Crippen LogP contribution in [-0.2, 0) is 14.3 Å². The van der Waals surface area contributed by atoms with Crippen LogP contribution in [0.1, 0.15) is 24.4 Å². The molecule has 5 rings (SSSR count). The number of alkyl halides is 2. The van der Waals surface area contributed by atoms with Gasteiger partial charge >= 0.3 is 0 Å². The molecule has 1 unspecified atom stereocenters. The quantitative estimate of drug-likeness (QED) is 0.637. The molecular weight excluding hydrogens is 485 g/mol. The van der Waals surface area contributed by atoms with Crippen LogP contribution in [-0.4, -0.2) is 80.0 Å². The van der Waals surface area contributed by atoms with Crippen molar-refractivity contribution in [1.29, 1.82) is 0 Å². The van der Waals surface area contributed by atoms with Crippen molar-refractivity contribution in [3.05, 3.63) is 59.9 Å². The Kier molecular flexibility index (Phi) is 7.39. The average molecular weight is 517 g/mol. The molecule has 10 heteroatoms. The van der Waals surface area contributed by atoms with Gasteiger partial charge in [-0.3, -0.25) is 14.5 Å². The van der Waals surface area contributed by atoms with E-state index in [1.807, 2.05) is 40.1 Å². The lowest BCUT2D eigenvalue weighted by atomic mass is 10.0. The van der Waals surface area contributed by atoms with Gasteiger partial charge in [0.05, 0.1) is 24.8 Å². The van der Waals surface area contributed by atoms with Crippen LogP contribution < -0.4 is 10.2 Å². The standard InChI is InChI=1S/C27H31F3N4O3/c28-22-16-21(31-25(35)20-8-15-37-17-20)6-7-23(22)32-11-13-33(14-12-32)24(19-4-2-1-3-5-19)26(36)34-10-9-27(29,30)18-34/h1-7,16,20,24H,8-15,17-18H2,(H,31,35)/t20?,24-/m0/s1. The number of carbonyl (C=O) groups is 2. The molecule has 2 aromatic rings. The molecular formula is C27H31F3N4O3. The van der Waals surface area contributed by atoms with Crippen LogP contribution >= 0.6 is 0 Å². The minimum atomic E-state index is -2.86. The summed E-state index contributed by atoms with van der Waals surface area (Å²) in [6.07, 6.45) is 0.335. The molecule has 2 aromatic carbocycles. The Morgan fingerprint density at radius 1 is 1.03 bits per heavy atom. The van der Waals surface area contributed by atoms with Crippen LogP contribution in [0.5, 0.6) is 0 Å². The largest absolute Gasteiger partial charge is 0.381 e. The van der Waals surface area contributed by atoms with Crippen molar-refractivity contribution < 1.29 is 27.5 Å². The Morgan fingerprint density at radius 3 is 2.41 bits per heavy atom. The molecule has 0 aromatic heterocycles. The van der Waals surface area contributed by atoms with Crippen molar-refractivity contribution in [3.8, 4) is 0 Å². The highest BCUT2D eigenvalue weighted by Crippen LogP contribution is 2.33. The summed E-state index contributed by atoms with van der Waals surface area (Å²) in [5.41, 5.74) is 1.58. The van der Waals surface area contributed by atoms with E-state index in [0.717, 1.165) is 5.56 Å². The molecule has 0 aliphatic carbocycles. The summed E-state index contributed by atoms with van der Waals surface area (Å²) in [5, 5.41) is 2.76. The summed E-state index contributed by atoms with van der Waals surface area (Å²) >= 11 is 0. The number of ether oxygens (including phenoxy) is 1. The maximum atomic E-state index is 15.0. The maximum absolute atomic E-state index is 15.0. The van der Waals surface area contributed by atoms with Crippen LogP contribution in [0.2, 0.25) is 0 Å². The third kappa shape index (κ3) is 5.75. The molecule has 0 bridgehead atoms. The topological polar surface area (TPSA) is 65.1 Å². The van der Waals surface area contributed by atoms with E-state index in [1.165, 1.54) is 11.0 Å². The summed E-state index contributed by atoms with van der Waals surface area (Å²) in [5.74, 6) is -4.02. The number of hydrogen-bond acceptors (Lipinski definition) is 5. The average Bonchev–Trinajstić information content (AvgIpc) is 3.55. The number of nitrogens with one attached hydrogen (secondary N) is 1. The highest BCUT2D eigenvalue weighted by molar-refractivity contribution is 5.93. The molecule has 3 heterocycles. The molecule has 37 heavy (non-hydrogen) atoms. The molecule has 3 saturated heterocycles. The van der Waals surface area contributed by atoms with Gasteiger partial charge < -0.3 is 19.9 Å². The predicted molar refractivity (Wildman–Crippen MR) is 133 cm³/mol. The van der Waals surface area contributed by atoms with E-state index in [9.17, 15) is 18.4 Å². The predicted octanol–water partition coefficient (Wildman–Crippen LogP) is 3.53. The molecule has 198 valence electrons.